The molecule has 0 radical (unpaired) electrons. The van der Waals surface area contributed by atoms with Crippen LogP contribution in [0.1, 0.15) is 27.7 Å². The van der Waals surface area contributed by atoms with Gasteiger partial charge in [0, 0.05) is 16.7 Å². The molecular weight excluding hydrogens is 124 g/mol. The van der Waals surface area contributed by atoms with E-state index < -0.39 is 0 Å². The van der Waals surface area contributed by atoms with Gasteiger partial charge in [0.25, 0.3) is 0 Å². The van der Waals surface area contributed by atoms with E-state index in [0.717, 1.165) is 0 Å². The molecule has 2 heteroatoms. The number of hydrogen-bond acceptors (Lipinski definition) is 2. The molecule has 0 aromatic carbocycles. The fourth-order valence-corrected chi connectivity index (χ4v) is 0.623. The molecule has 0 unspecified atom stereocenters. The molecule has 0 aliphatic rings. The molecule has 10 heavy (non-hydrogen) atoms. The van der Waals surface area contributed by atoms with E-state index >= 15 is 0 Å². The summed E-state index contributed by atoms with van der Waals surface area (Å²) in [6.45, 7) is 7.70. The molecule has 0 spiro atoms. The lowest BCUT2D eigenvalue weighted by Crippen LogP contribution is -2.18. The van der Waals surface area contributed by atoms with Gasteiger partial charge >= 0.3 is 0 Å². The molecule has 0 saturated heterocycles. The van der Waals surface area contributed by atoms with Gasteiger partial charge in [-0.05, 0) is 6.92 Å². The molecule has 56 valence electrons. The molecule has 2 N–H and O–H groups in total. The highest BCUT2D eigenvalue weighted by Crippen LogP contribution is 2.22. The van der Waals surface area contributed by atoms with Gasteiger partial charge in [-0.2, -0.15) is 5.26 Å². The first kappa shape index (κ1) is 9.03. The lowest BCUT2D eigenvalue weighted by Gasteiger charge is -2.19. The zero-order chi connectivity index (χ0) is 8.36. The third-order valence-corrected chi connectivity index (χ3v) is 1.38. The number of hydrogen-bond donors (Lipinski definition) is 1. The van der Waals surface area contributed by atoms with E-state index in [1.54, 1.807) is 6.92 Å². The third kappa shape index (κ3) is 2.10. The van der Waals surface area contributed by atoms with Gasteiger partial charge in [0.2, 0.25) is 0 Å². The van der Waals surface area contributed by atoms with Crippen molar-refractivity contribution in [3.8, 4) is 6.07 Å². The Bertz CT molecular complexity index is 188. The first-order chi connectivity index (χ1) is 4.39. The van der Waals surface area contributed by atoms with Gasteiger partial charge in [-0.15, -0.1) is 0 Å². The molecule has 0 aliphatic carbocycles. The largest absolute Gasteiger partial charge is 0.401 e. The summed E-state index contributed by atoms with van der Waals surface area (Å²) in [5.74, 6) is 0. The first-order valence-corrected chi connectivity index (χ1v) is 3.26. The molecule has 0 aromatic heterocycles. The van der Waals surface area contributed by atoms with Gasteiger partial charge in [-0.3, -0.25) is 0 Å². The topological polar surface area (TPSA) is 49.8 Å². The maximum Gasteiger partial charge on any atom is 0.0962 e. The van der Waals surface area contributed by atoms with Crippen LogP contribution in [0.4, 0.5) is 0 Å². The van der Waals surface area contributed by atoms with E-state index in [-0.39, 0.29) is 5.41 Å². The summed E-state index contributed by atoms with van der Waals surface area (Å²) in [7, 11) is 0. The van der Waals surface area contributed by atoms with Crippen LogP contribution >= 0.6 is 0 Å². The zero-order valence-corrected chi connectivity index (χ0v) is 7.02. The quantitative estimate of drug-likeness (QED) is 0.519. The Hall–Kier alpha value is -0.970. The lowest BCUT2D eigenvalue weighted by molar-refractivity contribution is 0.494. The molecule has 0 fully saturated rings. The number of nitriles is 1. The van der Waals surface area contributed by atoms with Crippen molar-refractivity contribution in [2.75, 3.05) is 0 Å². The van der Waals surface area contributed by atoms with E-state index in [0.29, 0.717) is 11.3 Å². The van der Waals surface area contributed by atoms with Crippen LogP contribution in [0.5, 0.6) is 0 Å². The molecule has 0 aromatic rings. The van der Waals surface area contributed by atoms with Crippen LogP contribution in [0.15, 0.2) is 11.3 Å². The minimum absolute atomic E-state index is 0.0835. The van der Waals surface area contributed by atoms with Crippen LogP contribution in [-0.4, -0.2) is 0 Å². The van der Waals surface area contributed by atoms with Crippen molar-refractivity contribution in [3.63, 3.8) is 0 Å². The number of nitrogens with zero attached hydrogens (tertiary/aromatic N) is 1. The van der Waals surface area contributed by atoms with E-state index in [2.05, 4.69) is 0 Å². The van der Waals surface area contributed by atoms with Gasteiger partial charge in [0.1, 0.15) is 0 Å². The van der Waals surface area contributed by atoms with Crippen molar-refractivity contribution in [1.82, 2.24) is 0 Å². The summed E-state index contributed by atoms with van der Waals surface area (Å²) < 4.78 is 0. The van der Waals surface area contributed by atoms with Crippen LogP contribution in [-0.2, 0) is 0 Å². The Morgan fingerprint density at radius 2 is 1.80 bits per heavy atom. The monoisotopic (exact) mass is 138 g/mol. The van der Waals surface area contributed by atoms with Crippen molar-refractivity contribution < 1.29 is 0 Å². The van der Waals surface area contributed by atoms with Gasteiger partial charge in [0.15, 0.2) is 0 Å². The summed E-state index contributed by atoms with van der Waals surface area (Å²) in [4.78, 5) is 0. The third-order valence-electron chi connectivity index (χ3n) is 1.38. The van der Waals surface area contributed by atoms with Crippen molar-refractivity contribution in [2.45, 2.75) is 27.7 Å². The molecule has 0 aliphatic heterocycles. The maximum atomic E-state index is 8.48. The molecule has 0 atom stereocenters. The Kier molecular flexibility index (Phi) is 2.48. The number of allylic oxidation sites excluding steroid dienone is 2. The second kappa shape index (κ2) is 2.74. The molecule has 2 nitrogen and oxygen atoms in total. The second-order valence-corrected chi connectivity index (χ2v) is 3.40. The molecule has 0 amide bonds. The van der Waals surface area contributed by atoms with Crippen LogP contribution < -0.4 is 5.73 Å². The molecule has 0 rings (SSSR count). The van der Waals surface area contributed by atoms with Crippen LogP contribution in [0.25, 0.3) is 0 Å². The lowest BCUT2D eigenvalue weighted by atomic mass is 9.90. The standard InChI is InChI=1S/C8H14N2/c1-6(5-9)7(10)8(2,3)4/h10H2,1-4H3. The van der Waals surface area contributed by atoms with E-state index in [1.165, 1.54) is 0 Å². The van der Waals surface area contributed by atoms with E-state index in [9.17, 15) is 0 Å². The molecule has 0 heterocycles. The fourth-order valence-electron chi connectivity index (χ4n) is 0.623. The molecule has 0 saturated carbocycles. The van der Waals surface area contributed by atoms with Crippen molar-refractivity contribution in [2.24, 2.45) is 11.1 Å². The average Bonchev–Trinajstić information content (AvgIpc) is 1.83. The highest BCUT2D eigenvalue weighted by atomic mass is 14.6. The predicted octanol–water partition coefficient (Wildman–Crippen LogP) is 1.79. The average molecular weight is 138 g/mol. The van der Waals surface area contributed by atoms with Crippen molar-refractivity contribution in [1.29, 1.82) is 5.26 Å². The van der Waals surface area contributed by atoms with Crippen molar-refractivity contribution in [3.05, 3.63) is 11.3 Å². The Balaban J connectivity index is 4.69. The number of nitrogens with two attached hydrogens (primary N) is 1. The minimum Gasteiger partial charge on any atom is -0.401 e. The van der Waals surface area contributed by atoms with Crippen LogP contribution in [0.2, 0.25) is 0 Å². The highest BCUT2D eigenvalue weighted by molar-refractivity contribution is 5.26. The molecule has 0 bridgehead atoms. The zero-order valence-electron chi connectivity index (χ0n) is 7.02. The SMILES string of the molecule is CC(C#N)=C(N)C(C)(C)C. The summed E-state index contributed by atoms with van der Waals surface area (Å²) in [6, 6.07) is 2.03. The summed E-state index contributed by atoms with van der Waals surface area (Å²) in [5, 5.41) is 8.48. The number of rotatable bonds is 0. The van der Waals surface area contributed by atoms with E-state index in [1.807, 2.05) is 26.8 Å². The van der Waals surface area contributed by atoms with Crippen LogP contribution in [0, 0.1) is 16.7 Å². The Labute approximate surface area is 62.3 Å². The second-order valence-electron chi connectivity index (χ2n) is 3.40. The maximum absolute atomic E-state index is 8.48. The highest BCUT2D eigenvalue weighted by Gasteiger charge is 2.15. The van der Waals surface area contributed by atoms with Crippen molar-refractivity contribution >= 4 is 0 Å². The van der Waals surface area contributed by atoms with E-state index in [4.69, 9.17) is 11.0 Å². The summed E-state index contributed by atoms with van der Waals surface area (Å²) >= 11 is 0. The first-order valence-electron chi connectivity index (χ1n) is 3.26. The van der Waals surface area contributed by atoms with Gasteiger partial charge in [-0.1, -0.05) is 20.8 Å². The van der Waals surface area contributed by atoms with Gasteiger partial charge in [0.05, 0.1) is 6.07 Å². The minimum atomic E-state index is -0.0835. The summed E-state index contributed by atoms with van der Waals surface area (Å²) in [6.07, 6.45) is 0. The fraction of sp³-hybridized carbons (Fsp3) is 0.625. The smallest absolute Gasteiger partial charge is 0.0962 e. The normalized spacial score (nSPS) is 13.9. The van der Waals surface area contributed by atoms with Gasteiger partial charge in [-0.25, -0.2) is 0 Å². The van der Waals surface area contributed by atoms with Gasteiger partial charge < -0.3 is 5.73 Å². The Morgan fingerprint density at radius 3 is 1.90 bits per heavy atom. The Morgan fingerprint density at radius 1 is 1.40 bits per heavy atom. The van der Waals surface area contributed by atoms with Crippen LogP contribution in [0.3, 0.4) is 0 Å². The predicted molar refractivity (Wildman–Crippen MR) is 42.0 cm³/mol. The molecular formula is C8H14N2. The summed E-state index contributed by atoms with van der Waals surface area (Å²) in [5.41, 5.74) is 6.87.